The summed E-state index contributed by atoms with van der Waals surface area (Å²) in [7, 11) is 0. The molecule has 11 heteroatoms. The summed E-state index contributed by atoms with van der Waals surface area (Å²) in [6, 6.07) is 8.58. The molecule has 1 fully saturated rings. The highest BCUT2D eigenvalue weighted by Gasteiger charge is 2.36. The van der Waals surface area contributed by atoms with Crippen molar-refractivity contribution in [1.82, 2.24) is 19.9 Å². The van der Waals surface area contributed by atoms with Crippen LogP contribution in [0.3, 0.4) is 0 Å². The van der Waals surface area contributed by atoms with Gasteiger partial charge in [0.25, 0.3) is 0 Å². The van der Waals surface area contributed by atoms with Crippen LogP contribution in [0.4, 0.5) is 20.1 Å². The highest BCUT2D eigenvalue weighted by Crippen LogP contribution is 2.30. The third-order valence-corrected chi connectivity index (χ3v) is 5.90. The van der Waals surface area contributed by atoms with Gasteiger partial charge in [-0.2, -0.15) is 4.52 Å². The van der Waals surface area contributed by atoms with Gasteiger partial charge in [-0.3, -0.25) is 4.79 Å². The number of amides is 2. The van der Waals surface area contributed by atoms with Gasteiger partial charge < -0.3 is 20.3 Å². The lowest BCUT2D eigenvalue weighted by molar-refractivity contribution is -0.114. The van der Waals surface area contributed by atoms with Gasteiger partial charge in [0.15, 0.2) is 5.82 Å². The molecule has 3 aromatic rings. The minimum absolute atomic E-state index is 0.0937. The lowest BCUT2D eigenvalue weighted by Crippen LogP contribution is -2.41. The number of aryl methyl sites for hydroxylation is 1. The van der Waals surface area contributed by atoms with Crippen LogP contribution in [0.1, 0.15) is 25.1 Å². The van der Waals surface area contributed by atoms with Crippen molar-refractivity contribution in [2.45, 2.75) is 39.1 Å². The Hall–Kier alpha value is -3.21. The number of carbonyl (C=O) groups is 2. The first-order chi connectivity index (χ1) is 14.9. The van der Waals surface area contributed by atoms with Gasteiger partial charge in [0.1, 0.15) is 12.8 Å². The molecular formula is C20H23FN6O3S. The van der Waals surface area contributed by atoms with E-state index < -0.39 is 18.3 Å². The van der Waals surface area contributed by atoms with E-state index in [2.05, 4.69) is 20.7 Å². The summed E-state index contributed by atoms with van der Waals surface area (Å²) in [6.07, 6.45) is -1.27. The summed E-state index contributed by atoms with van der Waals surface area (Å²) >= 11 is 1.31. The van der Waals surface area contributed by atoms with Crippen LogP contribution < -0.4 is 15.5 Å². The molecule has 1 aliphatic rings. The Morgan fingerprint density at radius 2 is 2.06 bits per heavy atom. The molecule has 0 radical (unpaired) electrons. The number of nitrogens with one attached hydrogen (secondary N) is 2. The second-order valence-electron chi connectivity index (χ2n) is 7.25. The van der Waals surface area contributed by atoms with E-state index in [4.69, 9.17) is 4.74 Å². The molecular weight excluding hydrogens is 423 g/mol. The Labute approximate surface area is 182 Å². The number of hydrogen-bond acceptors (Lipinski definition) is 7. The molecule has 1 aliphatic heterocycles. The third-order valence-electron chi connectivity index (χ3n) is 4.93. The zero-order chi connectivity index (χ0) is 22.0. The summed E-state index contributed by atoms with van der Waals surface area (Å²) in [5, 5.41) is 10.4. The number of carbonyl (C=O) groups excluding carboxylic acids is 2. The van der Waals surface area contributed by atoms with Crippen LogP contribution in [0.15, 0.2) is 30.3 Å². The van der Waals surface area contributed by atoms with Crippen molar-refractivity contribution in [2.75, 3.05) is 23.3 Å². The second-order valence-corrected chi connectivity index (χ2v) is 8.19. The maximum absolute atomic E-state index is 14.6. The van der Waals surface area contributed by atoms with Crippen LogP contribution in [-0.4, -0.2) is 51.9 Å². The fraction of sp³-hybridized carbons (Fsp3) is 0.400. The van der Waals surface area contributed by atoms with Crippen molar-refractivity contribution in [1.29, 1.82) is 0 Å². The molecule has 2 atom stereocenters. The molecule has 0 bridgehead atoms. The van der Waals surface area contributed by atoms with E-state index in [1.165, 1.54) is 18.3 Å². The number of benzene rings is 1. The fourth-order valence-electron chi connectivity index (χ4n) is 3.42. The van der Waals surface area contributed by atoms with E-state index in [-0.39, 0.29) is 25.6 Å². The van der Waals surface area contributed by atoms with E-state index >= 15 is 0 Å². The van der Waals surface area contributed by atoms with Crippen LogP contribution in [0.25, 0.3) is 4.96 Å². The summed E-state index contributed by atoms with van der Waals surface area (Å²) < 4.78 is 21.3. The van der Waals surface area contributed by atoms with Gasteiger partial charge in [-0.25, -0.2) is 14.2 Å². The molecule has 0 saturated carbocycles. The lowest BCUT2D eigenvalue weighted by atomic mass is 10.2. The third kappa shape index (κ3) is 4.61. The van der Waals surface area contributed by atoms with Crippen LogP contribution >= 0.6 is 11.3 Å². The summed E-state index contributed by atoms with van der Waals surface area (Å²) in [5.74, 6) is 0.317. The Kier molecular flexibility index (Phi) is 6.03. The number of rotatable bonds is 6. The molecule has 3 heterocycles. The number of halogens is 1. The van der Waals surface area contributed by atoms with E-state index in [1.54, 1.807) is 9.42 Å². The molecule has 1 saturated heterocycles. The minimum atomic E-state index is -1.26. The number of hydrogen-bond donors (Lipinski definition) is 2. The largest absolute Gasteiger partial charge is 0.445 e. The number of aromatic nitrogens is 3. The standard InChI is InChI=1S/C20H23FN6O3S/c1-3-15-17(22-12(2)28)27-18(23-15)31-19(25-27)26-9-14(21)16(10-26)24-20(29)30-11-13-7-5-4-6-8-13/h4-8,14,16H,3,9-11H2,1-2H3,(H,22,28)(H,24,29). The van der Waals surface area contributed by atoms with Crippen molar-refractivity contribution in [2.24, 2.45) is 0 Å². The van der Waals surface area contributed by atoms with Gasteiger partial charge in [0.05, 0.1) is 18.3 Å². The number of fused-ring (bicyclic) bond motifs is 1. The average Bonchev–Trinajstić information content (AvgIpc) is 3.41. The number of alkyl carbamates (subject to hydrolysis) is 1. The summed E-state index contributed by atoms with van der Waals surface area (Å²) in [4.78, 5) is 30.5. The first-order valence-corrected chi connectivity index (χ1v) is 10.8. The van der Waals surface area contributed by atoms with Crippen molar-refractivity contribution in [3.63, 3.8) is 0 Å². The van der Waals surface area contributed by atoms with Gasteiger partial charge >= 0.3 is 6.09 Å². The quantitative estimate of drug-likeness (QED) is 0.604. The SMILES string of the molecule is CCc1nc2sc(N3CC(F)C(NC(=O)OCc4ccccc4)C3)nn2c1NC(C)=O. The molecule has 2 N–H and O–H groups in total. The average molecular weight is 447 g/mol. The van der Waals surface area contributed by atoms with Gasteiger partial charge in [-0.1, -0.05) is 48.6 Å². The zero-order valence-electron chi connectivity index (χ0n) is 17.2. The molecule has 2 amide bonds. The van der Waals surface area contributed by atoms with Crippen molar-refractivity contribution < 1.29 is 18.7 Å². The van der Waals surface area contributed by atoms with Gasteiger partial charge in [-0.05, 0) is 12.0 Å². The van der Waals surface area contributed by atoms with Crippen molar-refractivity contribution in [3.8, 4) is 0 Å². The Bertz CT molecular complexity index is 1090. The smallest absolute Gasteiger partial charge is 0.407 e. The summed E-state index contributed by atoms with van der Waals surface area (Å²) in [5.41, 5.74) is 1.60. The van der Waals surface area contributed by atoms with Gasteiger partial charge in [0.2, 0.25) is 16.0 Å². The molecule has 9 nitrogen and oxygen atoms in total. The first kappa shape index (κ1) is 21.0. The van der Waals surface area contributed by atoms with Crippen LogP contribution in [-0.2, 0) is 22.6 Å². The number of ether oxygens (including phenoxy) is 1. The predicted molar refractivity (Wildman–Crippen MR) is 115 cm³/mol. The molecule has 164 valence electrons. The monoisotopic (exact) mass is 446 g/mol. The van der Waals surface area contributed by atoms with E-state index in [0.29, 0.717) is 22.3 Å². The number of nitrogens with zero attached hydrogens (tertiary/aromatic N) is 4. The van der Waals surface area contributed by atoms with E-state index in [0.717, 1.165) is 11.3 Å². The minimum Gasteiger partial charge on any atom is -0.445 e. The molecule has 31 heavy (non-hydrogen) atoms. The lowest BCUT2D eigenvalue weighted by Gasteiger charge is -2.15. The molecule has 0 spiro atoms. The highest BCUT2D eigenvalue weighted by molar-refractivity contribution is 7.20. The maximum Gasteiger partial charge on any atom is 0.407 e. The maximum atomic E-state index is 14.6. The molecule has 0 aliphatic carbocycles. The summed E-state index contributed by atoms with van der Waals surface area (Å²) in [6.45, 7) is 3.84. The van der Waals surface area contributed by atoms with Crippen LogP contribution in [0.2, 0.25) is 0 Å². The van der Waals surface area contributed by atoms with E-state index in [1.807, 2.05) is 37.3 Å². The van der Waals surface area contributed by atoms with Crippen LogP contribution in [0, 0.1) is 0 Å². The number of imidazole rings is 1. The van der Waals surface area contributed by atoms with Gasteiger partial charge in [-0.15, -0.1) is 5.10 Å². The molecule has 4 rings (SSSR count). The number of alkyl halides is 1. The zero-order valence-corrected chi connectivity index (χ0v) is 18.0. The number of anilines is 2. The molecule has 1 aromatic carbocycles. The predicted octanol–water partition coefficient (Wildman–Crippen LogP) is 2.76. The van der Waals surface area contributed by atoms with E-state index in [9.17, 15) is 14.0 Å². The Morgan fingerprint density at radius 1 is 1.29 bits per heavy atom. The molecule has 2 unspecified atom stereocenters. The fourth-order valence-corrected chi connectivity index (χ4v) is 4.36. The Balaban J connectivity index is 1.41. The topological polar surface area (TPSA) is 101 Å². The molecule has 2 aromatic heterocycles. The first-order valence-electron chi connectivity index (χ1n) is 9.97. The van der Waals surface area contributed by atoms with Gasteiger partial charge in [0, 0.05) is 13.5 Å². The van der Waals surface area contributed by atoms with Crippen molar-refractivity contribution >= 4 is 39.2 Å². The Morgan fingerprint density at radius 3 is 2.77 bits per heavy atom. The second kappa shape index (κ2) is 8.88. The van der Waals surface area contributed by atoms with Crippen LogP contribution in [0.5, 0.6) is 0 Å². The van der Waals surface area contributed by atoms with Crippen molar-refractivity contribution in [3.05, 3.63) is 41.6 Å². The highest BCUT2D eigenvalue weighted by atomic mass is 32.1. The normalized spacial score (nSPS) is 18.4.